The molecule has 0 N–H and O–H groups in total. The van der Waals surface area contributed by atoms with Crippen LogP contribution in [-0.2, 0) is 10.6 Å². The van der Waals surface area contributed by atoms with Crippen LogP contribution >= 0.6 is 0 Å². The first kappa shape index (κ1) is 14.8. The van der Waals surface area contributed by atoms with E-state index >= 15 is 0 Å². The number of halogens is 3. The Morgan fingerprint density at radius 1 is 1.11 bits per heavy atom. The van der Waals surface area contributed by atoms with E-state index in [1.807, 2.05) is 19.6 Å². The molecule has 0 unspecified atom stereocenters. The summed E-state index contributed by atoms with van der Waals surface area (Å²) >= 11 is 0. The highest BCUT2D eigenvalue weighted by Gasteiger charge is 2.29. The lowest BCUT2D eigenvalue weighted by molar-refractivity contribution is -0.137. The molecule has 98 valence electrons. The monoisotopic (exact) mass is 272 g/mol. The van der Waals surface area contributed by atoms with Crippen molar-refractivity contribution < 1.29 is 17.6 Å². The van der Waals surface area contributed by atoms with Gasteiger partial charge in [-0.3, -0.25) is 0 Å². The summed E-state index contributed by atoms with van der Waals surface area (Å²) in [6.07, 6.45) is -4.30. The largest absolute Gasteiger partial charge is 0.416 e. The SMILES string of the molecule is C[Si](C)(C)OCC#Cc1ccc(C(F)(F)F)cc1. The fraction of sp³-hybridized carbons (Fsp3) is 0.385. The summed E-state index contributed by atoms with van der Waals surface area (Å²) in [6, 6.07) is 4.79. The molecular formula is C13H15F3OSi. The van der Waals surface area contributed by atoms with Gasteiger partial charge in [-0.15, -0.1) is 0 Å². The number of benzene rings is 1. The Labute approximate surface area is 106 Å². The van der Waals surface area contributed by atoms with Crippen molar-refractivity contribution in [2.45, 2.75) is 25.8 Å². The lowest BCUT2D eigenvalue weighted by Gasteiger charge is -2.13. The van der Waals surface area contributed by atoms with Crippen LogP contribution in [0.25, 0.3) is 0 Å². The highest BCUT2D eigenvalue weighted by molar-refractivity contribution is 6.69. The molecule has 0 saturated heterocycles. The van der Waals surface area contributed by atoms with Gasteiger partial charge >= 0.3 is 6.18 Å². The topological polar surface area (TPSA) is 9.23 Å². The van der Waals surface area contributed by atoms with E-state index in [2.05, 4.69) is 11.8 Å². The zero-order valence-corrected chi connectivity index (χ0v) is 11.6. The maximum absolute atomic E-state index is 12.3. The van der Waals surface area contributed by atoms with Crippen molar-refractivity contribution >= 4 is 8.32 Å². The van der Waals surface area contributed by atoms with Gasteiger partial charge in [0.1, 0.15) is 0 Å². The Balaban J connectivity index is 2.62. The Kier molecular flexibility index (Phi) is 4.60. The minimum Gasteiger partial charge on any atom is -0.407 e. The average molecular weight is 272 g/mol. The van der Waals surface area contributed by atoms with Gasteiger partial charge in [0, 0.05) is 5.56 Å². The lowest BCUT2D eigenvalue weighted by Crippen LogP contribution is -2.25. The summed E-state index contributed by atoms with van der Waals surface area (Å²) in [7, 11) is -1.58. The second-order valence-electron chi connectivity index (χ2n) is 4.78. The smallest absolute Gasteiger partial charge is 0.407 e. The second kappa shape index (κ2) is 5.59. The van der Waals surface area contributed by atoms with Crippen molar-refractivity contribution in [2.24, 2.45) is 0 Å². The molecule has 1 nitrogen and oxygen atoms in total. The molecule has 18 heavy (non-hydrogen) atoms. The van der Waals surface area contributed by atoms with Gasteiger partial charge in [0.05, 0.1) is 12.2 Å². The van der Waals surface area contributed by atoms with Crippen molar-refractivity contribution in [1.29, 1.82) is 0 Å². The van der Waals surface area contributed by atoms with Crippen LogP contribution in [0.4, 0.5) is 13.2 Å². The van der Waals surface area contributed by atoms with Crippen LogP contribution in [0.2, 0.25) is 19.6 Å². The molecule has 0 saturated carbocycles. The third-order valence-corrected chi connectivity index (χ3v) is 3.03. The van der Waals surface area contributed by atoms with E-state index < -0.39 is 20.1 Å². The van der Waals surface area contributed by atoms with Gasteiger partial charge in [0.15, 0.2) is 8.32 Å². The number of alkyl halides is 3. The first-order chi connectivity index (χ1) is 8.18. The normalized spacial score (nSPS) is 11.9. The molecule has 0 atom stereocenters. The molecule has 0 fully saturated rings. The molecular weight excluding hydrogens is 257 g/mol. The number of hydrogen-bond donors (Lipinski definition) is 0. The molecule has 0 aliphatic carbocycles. The Morgan fingerprint density at radius 2 is 1.67 bits per heavy atom. The number of hydrogen-bond acceptors (Lipinski definition) is 1. The van der Waals surface area contributed by atoms with Crippen molar-refractivity contribution in [3.05, 3.63) is 35.4 Å². The van der Waals surface area contributed by atoms with Crippen molar-refractivity contribution in [3.63, 3.8) is 0 Å². The summed E-state index contributed by atoms with van der Waals surface area (Å²) in [6.45, 7) is 6.46. The maximum Gasteiger partial charge on any atom is 0.416 e. The number of rotatable bonds is 2. The van der Waals surface area contributed by atoms with Gasteiger partial charge in [-0.1, -0.05) is 11.8 Å². The first-order valence-corrected chi connectivity index (χ1v) is 8.89. The van der Waals surface area contributed by atoms with Crippen molar-refractivity contribution in [1.82, 2.24) is 0 Å². The van der Waals surface area contributed by atoms with Crippen LogP contribution in [0.1, 0.15) is 11.1 Å². The van der Waals surface area contributed by atoms with E-state index in [0.717, 1.165) is 12.1 Å². The zero-order valence-electron chi connectivity index (χ0n) is 10.6. The van der Waals surface area contributed by atoms with Crippen molar-refractivity contribution in [2.75, 3.05) is 6.61 Å². The van der Waals surface area contributed by atoms with Gasteiger partial charge in [0.2, 0.25) is 0 Å². The molecule has 0 spiro atoms. The first-order valence-electron chi connectivity index (χ1n) is 5.48. The van der Waals surface area contributed by atoms with Crippen LogP contribution in [0, 0.1) is 11.8 Å². The van der Waals surface area contributed by atoms with Crippen molar-refractivity contribution in [3.8, 4) is 11.8 Å². The third-order valence-electron chi connectivity index (χ3n) is 2.02. The van der Waals surface area contributed by atoms with E-state index in [1.165, 1.54) is 12.1 Å². The summed E-state index contributed by atoms with van der Waals surface area (Å²) in [5.41, 5.74) is -0.103. The zero-order chi connectivity index (χ0) is 13.8. The van der Waals surface area contributed by atoms with Gasteiger partial charge < -0.3 is 4.43 Å². The molecule has 0 heterocycles. The molecule has 0 bridgehead atoms. The van der Waals surface area contributed by atoms with Gasteiger partial charge in [-0.25, -0.2) is 0 Å². The average Bonchev–Trinajstić information content (AvgIpc) is 2.22. The summed E-state index contributed by atoms with van der Waals surface area (Å²) in [5, 5.41) is 0. The highest BCUT2D eigenvalue weighted by Crippen LogP contribution is 2.28. The van der Waals surface area contributed by atoms with Crippen LogP contribution in [0.15, 0.2) is 24.3 Å². The van der Waals surface area contributed by atoms with Crippen LogP contribution in [-0.4, -0.2) is 14.9 Å². The van der Waals surface area contributed by atoms with E-state index in [9.17, 15) is 13.2 Å². The standard InChI is InChI=1S/C13H15F3OSi/c1-18(2,3)17-10-4-5-11-6-8-12(9-7-11)13(14,15)16/h6-9H,10H2,1-3H3. The predicted molar refractivity (Wildman–Crippen MR) is 67.6 cm³/mol. The lowest BCUT2D eigenvalue weighted by atomic mass is 10.1. The van der Waals surface area contributed by atoms with Gasteiger partial charge in [0.25, 0.3) is 0 Å². The third kappa shape index (κ3) is 5.39. The molecule has 0 amide bonds. The maximum atomic E-state index is 12.3. The quantitative estimate of drug-likeness (QED) is 0.586. The summed E-state index contributed by atoms with van der Waals surface area (Å²) < 4.78 is 42.4. The fourth-order valence-electron chi connectivity index (χ4n) is 1.13. The summed E-state index contributed by atoms with van der Waals surface area (Å²) in [4.78, 5) is 0. The Bertz CT molecular complexity index is 446. The van der Waals surface area contributed by atoms with E-state index in [1.54, 1.807) is 0 Å². The Hall–Kier alpha value is -1.25. The molecule has 0 aliphatic heterocycles. The van der Waals surface area contributed by atoms with Crippen LogP contribution in [0.5, 0.6) is 0 Å². The van der Waals surface area contributed by atoms with Gasteiger partial charge in [-0.05, 0) is 43.9 Å². The summed E-state index contributed by atoms with van der Waals surface area (Å²) in [5.74, 6) is 5.57. The molecule has 0 aliphatic rings. The molecule has 5 heteroatoms. The second-order valence-corrected chi connectivity index (χ2v) is 9.29. The molecule has 0 aromatic heterocycles. The molecule has 1 aromatic rings. The van der Waals surface area contributed by atoms with E-state index in [4.69, 9.17) is 4.43 Å². The molecule has 1 rings (SSSR count). The fourth-order valence-corrected chi connectivity index (χ4v) is 1.64. The minimum absolute atomic E-state index is 0.316. The van der Waals surface area contributed by atoms with Crippen LogP contribution < -0.4 is 0 Å². The molecule has 0 radical (unpaired) electrons. The van der Waals surface area contributed by atoms with E-state index in [0.29, 0.717) is 12.2 Å². The van der Waals surface area contributed by atoms with Gasteiger partial charge in [-0.2, -0.15) is 13.2 Å². The minimum atomic E-state index is -4.30. The molecule has 1 aromatic carbocycles. The Morgan fingerprint density at radius 3 is 2.11 bits per heavy atom. The predicted octanol–water partition coefficient (Wildman–Crippen LogP) is 3.91. The van der Waals surface area contributed by atoms with E-state index in [-0.39, 0.29) is 0 Å². The highest BCUT2D eigenvalue weighted by atomic mass is 28.4. The van der Waals surface area contributed by atoms with Crippen LogP contribution in [0.3, 0.4) is 0 Å².